The second-order valence-corrected chi connectivity index (χ2v) is 6.03. The van der Waals surface area contributed by atoms with Gasteiger partial charge in [-0.3, -0.25) is 9.59 Å². The fraction of sp³-hybridized carbons (Fsp3) is 0.857. The maximum absolute atomic E-state index is 12.0. The largest absolute Gasteiger partial charge is 0.481 e. The lowest BCUT2D eigenvalue weighted by Crippen LogP contribution is -2.33. The molecule has 0 saturated heterocycles. The normalized spacial score (nSPS) is 28.9. The van der Waals surface area contributed by atoms with Crippen molar-refractivity contribution in [1.82, 2.24) is 5.32 Å². The second kappa shape index (κ2) is 5.29. The van der Waals surface area contributed by atoms with Crippen LogP contribution in [0.2, 0.25) is 0 Å². The summed E-state index contributed by atoms with van der Waals surface area (Å²) < 4.78 is 0. The van der Waals surface area contributed by atoms with E-state index in [1.165, 1.54) is 0 Å². The van der Waals surface area contributed by atoms with E-state index in [0.29, 0.717) is 18.4 Å². The first-order valence-electron chi connectivity index (χ1n) is 7.06. The summed E-state index contributed by atoms with van der Waals surface area (Å²) in [7, 11) is 0. The minimum absolute atomic E-state index is 0.0547. The van der Waals surface area contributed by atoms with Crippen LogP contribution in [0, 0.1) is 11.3 Å². The fourth-order valence-electron chi connectivity index (χ4n) is 3.34. The molecular formula is C14H23NO3. The SMILES string of the molecule is CCC1CC1NC(=O)CC1(CC(=O)O)CCCC1. The highest BCUT2D eigenvalue weighted by molar-refractivity contribution is 5.78. The van der Waals surface area contributed by atoms with E-state index in [-0.39, 0.29) is 17.7 Å². The van der Waals surface area contributed by atoms with Crippen LogP contribution in [-0.4, -0.2) is 23.0 Å². The van der Waals surface area contributed by atoms with E-state index in [4.69, 9.17) is 5.11 Å². The minimum atomic E-state index is -0.775. The van der Waals surface area contributed by atoms with Crippen LogP contribution in [0.3, 0.4) is 0 Å². The van der Waals surface area contributed by atoms with E-state index in [9.17, 15) is 9.59 Å². The number of aliphatic carboxylic acids is 1. The highest BCUT2D eigenvalue weighted by Gasteiger charge is 2.41. The van der Waals surface area contributed by atoms with Gasteiger partial charge in [0.15, 0.2) is 0 Å². The zero-order valence-corrected chi connectivity index (χ0v) is 11.1. The van der Waals surface area contributed by atoms with Gasteiger partial charge >= 0.3 is 5.97 Å². The Morgan fingerprint density at radius 3 is 2.44 bits per heavy atom. The first kappa shape index (κ1) is 13.4. The highest BCUT2D eigenvalue weighted by Crippen LogP contribution is 2.44. The molecule has 2 rings (SSSR count). The van der Waals surface area contributed by atoms with E-state index in [2.05, 4.69) is 12.2 Å². The highest BCUT2D eigenvalue weighted by atomic mass is 16.4. The van der Waals surface area contributed by atoms with Gasteiger partial charge in [-0.05, 0) is 30.6 Å². The van der Waals surface area contributed by atoms with Crippen molar-refractivity contribution in [2.24, 2.45) is 11.3 Å². The predicted octanol–water partition coefficient (Wildman–Crippen LogP) is 2.33. The molecule has 0 aromatic carbocycles. The molecule has 0 bridgehead atoms. The van der Waals surface area contributed by atoms with Gasteiger partial charge in [0.2, 0.25) is 5.91 Å². The Bertz CT molecular complexity index is 334. The predicted molar refractivity (Wildman–Crippen MR) is 68.1 cm³/mol. The molecule has 2 aliphatic rings. The fourth-order valence-corrected chi connectivity index (χ4v) is 3.34. The summed E-state index contributed by atoms with van der Waals surface area (Å²) in [5, 5.41) is 12.0. The zero-order valence-electron chi connectivity index (χ0n) is 11.1. The van der Waals surface area contributed by atoms with Gasteiger partial charge in [-0.25, -0.2) is 0 Å². The lowest BCUT2D eigenvalue weighted by Gasteiger charge is -2.26. The van der Waals surface area contributed by atoms with Crippen LogP contribution < -0.4 is 5.32 Å². The quantitative estimate of drug-likeness (QED) is 0.763. The number of hydrogen-bond acceptors (Lipinski definition) is 2. The molecule has 4 heteroatoms. The molecule has 102 valence electrons. The first-order chi connectivity index (χ1) is 8.54. The molecule has 0 aromatic rings. The third-order valence-electron chi connectivity index (χ3n) is 4.52. The lowest BCUT2D eigenvalue weighted by atomic mass is 9.79. The minimum Gasteiger partial charge on any atom is -0.481 e. The molecule has 2 N–H and O–H groups in total. The van der Waals surface area contributed by atoms with Crippen molar-refractivity contribution in [2.75, 3.05) is 0 Å². The number of amides is 1. The van der Waals surface area contributed by atoms with E-state index in [1.807, 2.05) is 0 Å². The lowest BCUT2D eigenvalue weighted by molar-refractivity contribution is -0.140. The van der Waals surface area contributed by atoms with Gasteiger partial charge in [0.1, 0.15) is 0 Å². The summed E-state index contributed by atoms with van der Waals surface area (Å²) in [6, 6.07) is 0.353. The molecule has 0 spiro atoms. The van der Waals surface area contributed by atoms with Crippen molar-refractivity contribution < 1.29 is 14.7 Å². The smallest absolute Gasteiger partial charge is 0.303 e. The number of carboxylic acid groups (broad SMARTS) is 1. The molecule has 2 saturated carbocycles. The van der Waals surface area contributed by atoms with Gasteiger partial charge in [0.05, 0.1) is 6.42 Å². The van der Waals surface area contributed by atoms with Crippen LogP contribution in [0.4, 0.5) is 0 Å². The third-order valence-corrected chi connectivity index (χ3v) is 4.52. The van der Waals surface area contributed by atoms with Crippen molar-refractivity contribution >= 4 is 11.9 Å². The van der Waals surface area contributed by atoms with Crippen molar-refractivity contribution in [3.63, 3.8) is 0 Å². The summed E-state index contributed by atoms with van der Waals surface area (Å²) in [5.41, 5.74) is -0.271. The topological polar surface area (TPSA) is 66.4 Å². The summed E-state index contributed by atoms with van der Waals surface area (Å²) in [5.74, 6) is -0.0744. The maximum atomic E-state index is 12.0. The molecule has 2 atom stereocenters. The van der Waals surface area contributed by atoms with Gasteiger partial charge in [0.25, 0.3) is 0 Å². The van der Waals surface area contributed by atoms with Gasteiger partial charge in [-0.1, -0.05) is 26.2 Å². The van der Waals surface area contributed by atoms with Gasteiger partial charge in [0, 0.05) is 12.5 Å². The number of nitrogens with one attached hydrogen (secondary N) is 1. The summed E-state index contributed by atoms with van der Waals surface area (Å²) in [6.45, 7) is 2.14. The van der Waals surface area contributed by atoms with Crippen molar-refractivity contribution in [1.29, 1.82) is 0 Å². The maximum Gasteiger partial charge on any atom is 0.303 e. The Balaban J connectivity index is 1.85. The number of carboxylic acids is 1. The number of rotatable bonds is 6. The van der Waals surface area contributed by atoms with Gasteiger partial charge in [-0.15, -0.1) is 0 Å². The molecular weight excluding hydrogens is 230 g/mol. The van der Waals surface area contributed by atoms with Crippen LogP contribution in [-0.2, 0) is 9.59 Å². The van der Waals surface area contributed by atoms with E-state index < -0.39 is 5.97 Å². The Hall–Kier alpha value is -1.06. The summed E-state index contributed by atoms with van der Waals surface area (Å²) in [6.07, 6.45) is 6.63. The molecule has 2 unspecified atom stereocenters. The van der Waals surface area contributed by atoms with E-state index >= 15 is 0 Å². The summed E-state index contributed by atoms with van der Waals surface area (Å²) in [4.78, 5) is 22.9. The Kier molecular flexibility index (Phi) is 3.93. The molecule has 2 fully saturated rings. The first-order valence-corrected chi connectivity index (χ1v) is 7.06. The average Bonchev–Trinajstić information content (AvgIpc) is 2.87. The second-order valence-electron chi connectivity index (χ2n) is 6.03. The van der Waals surface area contributed by atoms with Crippen LogP contribution in [0.5, 0.6) is 0 Å². The molecule has 4 nitrogen and oxygen atoms in total. The standard InChI is InChI=1S/C14H23NO3/c1-2-10-7-11(10)15-12(16)8-14(9-13(17)18)5-3-4-6-14/h10-11H,2-9H2,1H3,(H,15,16)(H,17,18). The van der Waals surface area contributed by atoms with Crippen LogP contribution in [0.1, 0.15) is 58.3 Å². The van der Waals surface area contributed by atoms with E-state index in [1.54, 1.807) is 0 Å². The Morgan fingerprint density at radius 2 is 1.94 bits per heavy atom. The van der Waals surface area contributed by atoms with Gasteiger partial charge in [-0.2, -0.15) is 0 Å². The number of carbonyl (C=O) groups is 2. The van der Waals surface area contributed by atoms with E-state index in [0.717, 1.165) is 38.5 Å². The van der Waals surface area contributed by atoms with Crippen LogP contribution >= 0.6 is 0 Å². The molecule has 0 aliphatic heterocycles. The van der Waals surface area contributed by atoms with Crippen LogP contribution in [0.25, 0.3) is 0 Å². The monoisotopic (exact) mass is 253 g/mol. The molecule has 1 amide bonds. The molecule has 2 aliphatic carbocycles. The molecule has 18 heavy (non-hydrogen) atoms. The Labute approximate surface area is 108 Å². The third kappa shape index (κ3) is 3.24. The molecule has 0 aromatic heterocycles. The number of hydrogen-bond donors (Lipinski definition) is 2. The van der Waals surface area contributed by atoms with Crippen molar-refractivity contribution in [2.45, 2.75) is 64.3 Å². The van der Waals surface area contributed by atoms with Crippen molar-refractivity contribution in [3.8, 4) is 0 Å². The average molecular weight is 253 g/mol. The molecule has 0 radical (unpaired) electrons. The zero-order chi connectivity index (χ0) is 13.2. The Morgan fingerprint density at radius 1 is 1.28 bits per heavy atom. The van der Waals surface area contributed by atoms with Crippen LogP contribution in [0.15, 0.2) is 0 Å². The van der Waals surface area contributed by atoms with Gasteiger partial charge < -0.3 is 10.4 Å². The molecule has 0 heterocycles. The summed E-state index contributed by atoms with van der Waals surface area (Å²) >= 11 is 0. The van der Waals surface area contributed by atoms with Crippen molar-refractivity contribution in [3.05, 3.63) is 0 Å². The number of carbonyl (C=O) groups excluding carboxylic acids is 1.